The van der Waals surface area contributed by atoms with Crippen LogP contribution in [0.4, 0.5) is 0 Å². The lowest BCUT2D eigenvalue weighted by Crippen LogP contribution is -2.33. The van der Waals surface area contributed by atoms with E-state index in [0.717, 1.165) is 31.4 Å². The lowest BCUT2D eigenvalue weighted by Gasteiger charge is -2.15. The lowest BCUT2D eigenvalue weighted by atomic mass is 10.2. The average Bonchev–Trinajstić information content (AvgIpc) is 3.44. The van der Waals surface area contributed by atoms with Gasteiger partial charge < -0.3 is 19.2 Å². The van der Waals surface area contributed by atoms with Crippen LogP contribution in [0.1, 0.15) is 48.2 Å². The van der Waals surface area contributed by atoms with E-state index in [2.05, 4.69) is 10.0 Å². The smallest absolute Gasteiger partial charge is 0.251 e. The van der Waals surface area contributed by atoms with Gasteiger partial charge in [0.2, 0.25) is 10.0 Å². The Bertz CT molecular complexity index is 921. The molecular formula is C21H28N2O6S. The maximum atomic E-state index is 12.8. The fraction of sp³-hybridized carbons (Fsp3) is 0.476. The van der Waals surface area contributed by atoms with E-state index in [1.165, 1.54) is 19.2 Å². The minimum absolute atomic E-state index is 0.0219. The Morgan fingerprint density at radius 1 is 1.23 bits per heavy atom. The van der Waals surface area contributed by atoms with Crippen molar-refractivity contribution in [2.45, 2.75) is 49.6 Å². The number of methoxy groups -OCH3 is 1. The second-order valence-electron chi connectivity index (χ2n) is 7.21. The van der Waals surface area contributed by atoms with Crippen LogP contribution in [0.5, 0.6) is 5.75 Å². The zero-order chi connectivity index (χ0) is 21.4. The van der Waals surface area contributed by atoms with E-state index in [1.807, 2.05) is 6.07 Å². The minimum atomic E-state index is -3.78. The van der Waals surface area contributed by atoms with Gasteiger partial charge in [0.1, 0.15) is 23.0 Å². The number of ether oxygens (including phenoxy) is 2. The number of amides is 1. The molecule has 0 saturated heterocycles. The zero-order valence-electron chi connectivity index (χ0n) is 17.1. The minimum Gasteiger partial charge on any atom is -0.495 e. The molecule has 0 atom stereocenters. The lowest BCUT2D eigenvalue weighted by molar-refractivity contribution is 0.0917. The molecule has 2 N–H and O–H groups in total. The summed E-state index contributed by atoms with van der Waals surface area (Å²) in [6.45, 7) is 1.26. The Hall–Kier alpha value is -2.36. The number of hydrogen-bond acceptors (Lipinski definition) is 6. The van der Waals surface area contributed by atoms with Gasteiger partial charge in [-0.25, -0.2) is 13.1 Å². The summed E-state index contributed by atoms with van der Waals surface area (Å²) >= 11 is 0. The number of carbonyl (C=O) groups is 1. The Kier molecular flexibility index (Phi) is 7.89. The van der Waals surface area contributed by atoms with Crippen LogP contribution in [0.2, 0.25) is 0 Å². The second kappa shape index (κ2) is 10.6. The van der Waals surface area contributed by atoms with Gasteiger partial charge in [-0.2, -0.15) is 0 Å². The maximum Gasteiger partial charge on any atom is 0.251 e. The Labute approximate surface area is 177 Å². The molecule has 0 aliphatic heterocycles. The summed E-state index contributed by atoms with van der Waals surface area (Å²) in [4.78, 5) is 12.4. The van der Waals surface area contributed by atoms with Crippen LogP contribution in [0.3, 0.4) is 0 Å². The first-order valence-electron chi connectivity index (χ1n) is 10.1. The number of sulfonamides is 1. The van der Waals surface area contributed by atoms with Gasteiger partial charge in [0.15, 0.2) is 0 Å². The van der Waals surface area contributed by atoms with Gasteiger partial charge in [0.05, 0.1) is 13.4 Å². The van der Waals surface area contributed by atoms with E-state index in [4.69, 9.17) is 13.9 Å². The molecule has 8 nitrogen and oxygen atoms in total. The molecule has 1 aromatic carbocycles. The molecule has 30 heavy (non-hydrogen) atoms. The molecule has 0 unspecified atom stereocenters. The number of furan rings is 1. The summed E-state index contributed by atoms with van der Waals surface area (Å²) in [7, 11) is -2.37. The van der Waals surface area contributed by atoms with Crippen molar-refractivity contribution in [1.29, 1.82) is 0 Å². The van der Waals surface area contributed by atoms with Crippen molar-refractivity contribution in [3.05, 3.63) is 47.9 Å². The van der Waals surface area contributed by atoms with Crippen molar-refractivity contribution >= 4 is 15.9 Å². The van der Waals surface area contributed by atoms with Crippen molar-refractivity contribution in [3.8, 4) is 5.75 Å². The number of rotatable bonds is 11. The molecule has 9 heteroatoms. The number of hydrogen-bond donors (Lipinski definition) is 2. The molecule has 1 heterocycles. The van der Waals surface area contributed by atoms with Crippen LogP contribution < -0.4 is 14.8 Å². The van der Waals surface area contributed by atoms with Crippen LogP contribution in [-0.2, 0) is 21.4 Å². The summed E-state index contributed by atoms with van der Waals surface area (Å²) < 4.78 is 44.2. The summed E-state index contributed by atoms with van der Waals surface area (Å²) in [6, 6.07) is 7.97. The predicted molar refractivity (Wildman–Crippen MR) is 111 cm³/mol. The van der Waals surface area contributed by atoms with Gasteiger partial charge in [-0.05, 0) is 49.6 Å². The third kappa shape index (κ3) is 6.07. The van der Waals surface area contributed by atoms with Gasteiger partial charge >= 0.3 is 0 Å². The average molecular weight is 437 g/mol. The fourth-order valence-electron chi connectivity index (χ4n) is 3.40. The Balaban J connectivity index is 1.54. The first-order valence-corrected chi connectivity index (χ1v) is 11.6. The molecule has 1 aliphatic carbocycles. The predicted octanol–water partition coefficient (Wildman–Crippen LogP) is 2.85. The molecular weight excluding hydrogens is 408 g/mol. The van der Waals surface area contributed by atoms with Crippen molar-refractivity contribution in [3.63, 3.8) is 0 Å². The van der Waals surface area contributed by atoms with E-state index in [-0.39, 0.29) is 28.2 Å². The van der Waals surface area contributed by atoms with Crippen LogP contribution >= 0.6 is 0 Å². The van der Waals surface area contributed by atoms with Crippen LogP contribution in [0, 0.1) is 0 Å². The first kappa shape index (κ1) is 22.3. The summed E-state index contributed by atoms with van der Waals surface area (Å²) in [5.74, 6) is 0.613. The van der Waals surface area contributed by atoms with Gasteiger partial charge in [-0.15, -0.1) is 0 Å². The Morgan fingerprint density at radius 3 is 2.73 bits per heavy atom. The summed E-state index contributed by atoms with van der Waals surface area (Å²) in [6.07, 6.45) is 5.88. The molecule has 3 rings (SSSR count). The molecule has 1 fully saturated rings. The monoisotopic (exact) mass is 436 g/mol. The molecule has 0 spiro atoms. The Morgan fingerprint density at radius 2 is 2.03 bits per heavy atom. The first-order chi connectivity index (χ1) is 14.5. The highest BCUT2D eigenvalue weighted by Gasteiger charge is 2.26. The highest BCUT2D eigenvalue weighted by atomic mass is 32.2. The van der Waals surface area contributed by atoms with Gasteiger partial charge in [-0.3, -0.25) is 4.79 Å². The van der Waals surface area contributed by atoms with Crippen LogP contribution in [0.15, 0.2) is 45.9 Å². The normalized spacial score (nSPS) is 14.7. The number of benzene rings is 1. The molecule has 0 bridgehead atoms. The van der Waals surface area contributed by atoms with Gasteiger partial charge in [-0.1, -0.05) is 12.8 Å². The molecule has 1 aliphatic rings. The SMILES string of the molecule is COc1ccc(C(=O)NCCCOCc2ccco2)cc1S(=O)(=O)NC1CCCC1. The van der Waals surface area contributed by atoms with E-state index in [9.17, 15) is 13.2 Å². The van der Waals surface area contributed by atoms with Crippen LogP contribution in [0.25, 0.3) is 0 Å². The fourth-order valence-corrected chi connectivity index (χ4v) is 4.90. The largest absolute Gasteiger partial charge is 0.495 e. The molecule has 2 aromatic rings. The molecule has 1 saturated carbocycles. The highest BCUT2D eigenvalue weighted by Crippen LogP contribution is 2.27. The van der Waals surface area contributed by atoms with E-state index in [1.54, 1.807) is 18.4 Å². The quantitative estimate of drug-likeness (QED) is 0.525. The second-order valence-corrected chi connectivity index (χ2v) is 8.89. The molecule has 1 amide bonds. The molecule has 0 radical (unpaired) electrons. The summed E-state index contributed by atoms with van der Waals surface area (Å²) in [5, 5.41) is 2.78. The van der Waals surface area contributed by atoms with Crippen molar-refractivity contribution in [2.24, 2.45) is 0 Å². The van der Waals surface area contributed by atoms with Gasteiger partial charge in [0, 0.05) is 24.8 Å². The number of nitrogens with one attached hydrogen (secondary N) is 2. The topological polar surface area (TPSA) is 107 Å². The third-order valence-corrected chi connectivity index (χ3v) is 6.51. The van der Waals surface area contributed by atoms with Crippen molar-refractivity contribution in [1.82, 2.24) is 10.0 Å². The van der Waals surface area contributed by atoms with E-state index < -0.39 is 10.0 Å². The maximum absolute atomic E-state index is 12.8. The third-order valence-electron chi connectivity index (χ3n) is 4.97. The van der Waals surface area contributed by atoms with Crippen molar-refractivity contribution in [2.75, 3.05) is 20.3 Å². The van der Waals surface area contributed by atoms with Crippen LogP contribution in [-0.4, -0.2) is 40.6 Å². The van der Waals surface area contributed by atoms with Gasteiger partial charge in [0.25, 0.3) is 5.91 Å². The zero-order valence-corrected chi connectivity index (χ0v) is 17.9. The standard InChI is InChI=1S/C21H28N2O6S/c1-27-19-10-9-16(14-20(19)30(25,26)23-17-6-2-3-7-17)21(24)22-11-5-12-28-15-18-8-4-13-29-18/h4,8-10,13-14,17,23H,2-3,5-7,11-12,15H2,1H3,(H,22,24). The number of carbonyl (C=O) groups excluding carboxylic acids is 1. The summed E-state index contributed by atoms with van der Waals surface area (Å²) in [5.41, 5.74) is 0.263. The van der Waals surface area contributed by atoms with E-state index in [0.29, 0.717) is 26.2 Å². The highest BCUT2D eigenvalue weighted by molar-refractivity contribution is 7.89. The molecule has 1 aromatic heterocycles. The van der Waals surface area contributed by atoms with Crippen molar-refractivity contribution < 1.29 is 27.1 Å². The van der Waals surface area contributed by atoms with E-state index >= 15 is 0 Å². The molecule has 164 valence electrons.